The molecule has 154 valence electrons. The summed E-state index contributed by atoms with van der Waals surface area (Å²) >= 11 is 2.68. The monoisotopic (exact) mass is 446 g/mol. The first kappa shape index (κ1) is 19.2. The van der Waals surface area contributed by atoms with Crippen LogP contribution in [0.2, 0.25) is 0 Å². The highest BCUT2D eigenvalue weighted by atomic mass is 32.1. The number of aryl methyl sites for hydroxylation is 1. The lowest BCUT2D eigenvalue weighted by Gasteiger charge is -2.31. The molecule has 1 fully saturated rings. The molecule has 0 N–H and O–H groups in total. The predicted molar refractivity (Wildman–Crippen MR) is 111 cm³/mol. The molecule has 1 aliphatic heterocycles. The van der Waals surface area contributed by atoms with Crippen LogP contribution in [-0.4, -0.2) is 54.6 Å². The van der Waals surface area contributed by atoms with Crippen molar-refractivity contribution in [2.45, 2.75) is 18.8 Å². The third kappa shape index (κ3) is 3.37. The van der Waals surface area contributed by atoms with Gasteiger partial charge in [0.15, 0.2) is 5.82 Å². The Morgan fingerprint density at radius 3 is 2.70 bits per heavy atom. The number of aromatic nitrogens is 5. The zero-order valence-electron chi connectivity index (χ0n) is 15.9. The average molecular weight is 447 g/mol. The van der Waals surface area contributed by atoms with Crippen molar-refractivity contribution in [3.8, 4) is 22.1 Å². The van der Waals surface area contributed by atoms with Crippen LogP contribution >= 0.6 is 22.7 Å². The minimum Gasteiger partial charge on any atom is -0.338 e. The molecule has 1 aliphatic rings. The summed E-state index contributed by atoms with van der Waals surface area (Å²) in [6, 6.07) is 3.61. The molecule has 0 bridgehead atoms. The number of nitrogens with zero attached hydrogens (tertiary/aromatic N) is 6. The molecule has 1 amide bonds. The van der Waals surface area contributed by atoms with Gasteiger partial charge in [-0.1, -0.05) is 0 Å². The van der Waals surface area contributed by atoms with E-state index < -0.39 is 5.92 Å². The van der Waals surface area contributed by atoms with Gasteiger partial charge in [0.05, 0.1) is 21.0 Å². The molecule has 1 saturated heterocycles. The number of piperidine rings is 1. The van der Waals surface area contributed by atoms with E-state index >= 15 is 0 Å². The Morgan fingerprint density at radius 1 is 1.23 bits per heavy atom. The minimum absolute atomic E-state index is 0.0481. The number of carbonyl (C=O) groups excluding carboxylic acids is 1. The maximum Gasteiger partial charge on any atom is 0.264 e. The van der Waals surface area contributed by atoms with Crippen molar-refractivity contribution >= 4 is 38.8 Å². The molecule has 7 nitrogen and oxygen atoms in total. The van der Waals surface area contributed by atoms with Crippen molar-refractivity contribution in [2.75, 3.05) is 13.1 Å². The molecule has 4 aromatic heterocycles. The fourth-order valence-electron chi connectivity index (χ4n) is 3.46. The van der Waals surface area contributed by atoms with Crippen LogP contribution in [0.3, 0.4) is 0 Å². The molecule has 0 saturated carbocycles. The summed E-state index contributed by atoms with van der Waals surface area (Å²) < 4.78 is 28.7. The molecule has 0 unspecified atom stereocenters. The highest BCUT2D eigenvalue weighted by Gasteiger charge is 2.36. The number of alkyl halides is 2. The van der Waals surface area contributed by atoms with E-state index in [-0.39, 0.29) is 31.8 Å². The van der Waals surface area contributed by atoms with Gasteiger partial charge in [0.25, 0.3) is 11.8 Å². The highest BCUT2D eigenvalue weighted by Crippen LogP contribution is 2.36. The number of thiophene rings is 1. The molecule has 0 aromatic carbocycles. The van der Waals surface area contributed by atoms with Gasteiger partial charge in [-0.2, -0.15) is 5.10 Å². The summed E-state index contributed by atoms with van der Waals surface area (Å²) in [5.41, 5.74) is 3.17. The van der Waals surface area contributed by atoms with Crippen molar-refractivity contribution in [1.29, 1.82) is 0 Å². The molecule has 11 heteroatoms. The predicted octanol–water partition coefficient (Wildman–Crippen LogP) is 4.09. The Hall–Kier alpha value is -2.79. The van der Waals surface area contributed by atoms with Crippen LogP contribution in [0.15, 0.2) is 30.0 Å². The number of thiazole rings is 1. The molecule has 0 radical (unpaired) electrons. The van der Waals surface area contributed by atoms with Crippen molar-refractivity contribution in [2.24, 2.45) is 7.05 Å². The van der Waals surface area contributed by atoms with E-state index in [4.69, 9.17) is 4.98 Å². The van der Waals surface area contributed by atoms with Crippen molar-refractivity contribution in [1.82, 2.24) is 29.6 Å². The summed E-state index contributed by atoms with van der Waals surface area (Å²) in [6.45, 7) is 0.0962. The second-order valence-electron chi connectivity index (χ2n) is 7.08. The van der Waals surface area contributed by atoms with Gasteiger partial charge < -0.3 is 4.90 Å². The lowest BCUT2D eigenvalue weighted by molar-refractivity contribution is -0.0493. The van der Waals surface area contributed by atoms with Gasteiger partial charge in [0.1, 0.15) is 10.5 Å². The first-order chi connectivity index (χ1) is 14.4. The quantitative estimate of drug-likeness (QED) is 0.474. The van der Waals surface area contributed by atoms with E-state index in [0.717, 1.165) is 16.0 Å². The zero-order chi connectivity index (χ0) is 20.9. The fraction of sp³-hybridized carbons (Fsp3) is 0.316. The van der Waals surface area contributed by atoms with Crippen LogP contribution in [0.1, 0.15) is 22.5 Å². The molecule has 4 aromatic rings. The van der Waals surface area contributed by atoms with E-state index in [1.807, 2.05) is 13.1 Å². The summed E-state index contributed by atoms with van der Waals surface area (Å²) in [5.74, 6) is -2.41. The Morgan fingerprint density at radius 2 is 2.03 bits per heavy atom. The van der Waals surface area contributed by atoms with E-state index in [9.17, 15) is 13.6 Å². The number of halogens is 2. The van der Waals surface area contributed by atoms with E-state index in [0.29, 0.717) is 21.2 Å². The lowest BCUT2D eigenvalue weighted by Crippen LogP contribution is -2.42. The standard InChI is InChI=1S/C19H16F2N6OS2/c1-26-12(2-5-23-26)15-11-8-13(18(28)27-6-3-19(20,21)4-7-27)30-17(11)25-16(24-15)14-9-22-10-29-14/h2,5,8-10H,3-4,6-7H2,1H3. The lowest BCUT2D eigenvalue weighted by atomic mass is 10.1. The molecule has 0 atom stereocenters. The maximum absolute atomic E-state index is 13.5. The maximum atomic E-state index is 13.5. The van der Waals surface area contributed by atoms with E-state index in [2.05, 4.69) is 15.1 Å². The van der Waals surface area contributed by atoms with Crippen molar-refractivity contribution in [3.05, 3.63) is 34.9 Å². The van der Waals surface area contributed by atoms with Gasteiger partial charge in [-0.3, -0.25) is 14.5 Å². The first-order valence-corrected chi connectivity index (χ1v) is 11.0. The summed E-state index contributed by atoms with van der Waals surface area (Å²) in [7, 11) is 1.82. The summed E-state index contributed by atoms with van der Waals surface area (Å²) in [6.07, 6.45) is 2.77. The first-order valence-electron chi connectivity index (χ1n) is 9.27. The smallest absolute Gasteiger partial charge is 0.264 e. The van der Waals surface area contributed by atoms with E-state index in [1.54, 1.807) is 28.7 Å². The van der Waals surface area contributed by atoms with Gasteiger partial charge in [-0.05, 0) is 12.1 Å². The van der Waals surface area contributed by atoms with Gasteiger partial charge in [-0.15, -0.1) is 22.7 Å². The highest BCUT2D eigenvalue weighted by molar-refractivity contribution is 7.20. The Kier molecular flexibility index (Phi) is 4.58. The molecular weight excluding hydrogens is 430 g/mol. The van der Waals surface area contributed by atoms with Gasteiger partial charge in [0, 0.05) is 50.8 Å². The zero-order valence-corrected chi connectivity index (χ0v) is 17.5. The molecule has 5 rings (SSSR count). The number of fused-ring (bicyclic) bond motifs is 1. The number of rotatable bonds is 3. The van der Waals surface area contributed by atoms with Crippen LogP contribution in [-0.2, 0) is 7.05 Å². The third-order valence-electron chi connectivity index (χ3n) is 5.10. The minimum atomic E-state index is -2.70. The second kappa shape index (κ2) is 7.17. The SMILES string of the molecule is Cn1nccc1-c1nc(-c2cncs2)nc2sc(C(=O)N3CCC(F)(F)CC3)cc12. The largest absolute Gasteiger partial charge is 0.338 e. The van der Waals surface area contributed by atoms with Gasteiger partial charge >= 0.3 is 0 Å². The van der Waals surface area contributed by atoms with Gasteiger partial charge in [-0.25, -0.2) is 18.7 Å². The Balaban J connectivity index is 1.59. The summed E-state index contributed by atoms with van der Waals surface area (Å²) in [4.78, 5) is 29.9. The number of hydrogen-bond acceptors (Lipinski definition) is 7. The molecule has 5 heterocycles. The van der Waals surface area contributed by atoms with Crippen molar-refractivity contribution in [3.63, 3.8) is 0 Å². The van der Waals surface area contributed by atoms with Crippen molar-refractivity contribution < 1.29 is 13.6 Å². The van der Waals surface area contributed by atoms with Gasteiger partial charge in [0.2, 0.25) is 0 Å². The third-order valence-corrected chi connectivity index (χ3v) is 6.89. The summed E-state index contributed by atoms with van der Waals surface area (Å²) in [5, 5.41) is 4.96. The van der Waals surface area contributed by atoms with Crippen LogP contribution in [0.5, 0.6) is 0 Å². The van der Waals surface area contributed by atoms with E-state index in [1.165, 1.54) is 27.6 Å². The normalized spacial score (nSPS) is 16.3. The molecule has 30 heavy (non-hydrogen) atoms. The average Bonchev–Trinajstić information content (AvgIpc) is 3.47. The number of amides is 1. The molecule has 0 aliphatic carbocycles. The second-order valence-corrected chi connectivity index (χ2v) is 9.00. The van der Waals surface area contributed by atoms with Crippen LogP contribution in [0.25, 0.3) is 32.3 Å². The Bertz CT molecular complexity index is 1220. The fourth-order valence-corrected chi connectivity index (χ4v) is 5.01. The van der Waals surface area contributed by atoms with Crippen LogP contribution in [0, 0.1) is 0 Å². The topological polar surface area (TPSA) is 76.8 Å². The van der Waals surface area contributed by atoms with Crippen LogP contribution in [0.4, 0.5) is 8.78 Å². The molecule has 0 spiro atoms. The molecular formula is C19H16F2N6OS2. The number of likely N-dealkylation sites (tertiary alicyclic amines) is 1. The number of carbonyl (C=O) groups is 1. The van der Waals surface area contributed by atoms with Crippen LogP contribution < -0.4 is 0 Å². The Labute approximate surface area is 178 Å². The number of hydrogen-bond donors (Lipinski definition) is 0.